The normalized spacial score (nSPS) is 16.8. The molecule has 0 bridgehead atoms. The van der Waals surface area contributed by atoms with E-state index in [0.717, 1.165) is 19.6 Å². The minimum atomic E-state index is -0.250. The van der Waals surface area contributed by atoms with E-state index in [9.17, 15) is 0 Å². The van der Waals surface area contributed by atoms with Crippen molar-refractivity contribution in [1.29, 1.82) is 0 Å². The van der Waals surface area contributed by atoms with Crippen molar-refractivity contribution < 1.29 is 9.47 Å². The van der Waals surface area contributed by atoms with Crippen LogP contribution in [-0.2, 0) is 9.47 Å². The molecule has 0 amide bonds. The first kappa shape index (κ1) is 11.9. The van der Waals surface area contributed by atoms with Crippen LogP contribution in [0.5, 0.6) is 0 Å². The number of rotatable bonds is 1. The van der Waals surface area contributed by atoms with Crippen molar-refractivity contribution >= 4 is 21.5 Å². The largest absolute Gasteiger partial charge is 0.348 e. The number of ether oxygens (including phenoxy) is 2. The minimum Gasteiger partial charge on any atom is -0.348 e. The van der Waals surface area contributed by atoms with E-state index < -0.39 is 0 Å². The van der Waals surface area contributed by atoms with Gasteiger partial charge in [0.2, 0.25) is 0 Å². The molecule has 0 N–H and O–H groups in total. The highest BCUT2D eigenvalue weighted by molar-refractivity contribution is 6.02. The second kappa shape index (κ2) is 4.89. The molecule has 20 heavy (non-hydrogen) atoms. The molecule has 0 atom stereocenters. The van der Waals surface area contributed by atoms with Crippen molar-refractivity contribution in [2.75, 3.05) is 13.2 Å². The average molecular weight is 264 g/mol. The van der Waals surface area contributed by atoms with Crippen LogP contribution in [-0.4, -0.2) is 13.2 Å². The van der Waals surface area contributed by atoms with Gasteiger partial charge in [-0.15, -0.1) is 0 Å². The van der Waals surface area contributed by atoms with E-state index in [1.54, 1.807) is 0 Å². The molecular weight excluding hydrogens is 248 g/mol. The zero-order chi connectivity index (χ0) is 13.4. The van der Waals surface area contributed by atoms with E-state index in [2.05, 4.69) is 54.6 Å². The summed E-state index contributed by atoms with van der Waals surface area (Å²) in [6.07, 6.45) is 0.721. The van der Waals surface area contributed by atoms with Gasteiger partial charge in [0.25, 0.3) is 0 Å². The lowest BCUT2D eigenvalue weighted by Crippen LogP contribution is -2.18. The summed E-state index contributed by atoms with van der Waals surface area (Å²) in [5.41, 5.74) is 1.17. The van der Waals surface area contributed by atoms with Gasteiger partial charge in [-0.25, -0.2) is 0 Å². The predicted octanol–water partition coefficient (Wildman–Crippen LogP) is 4.43. The van der Waals surface area contributed by atoms with Gasteiger partial charge in [-0.05, 0) is 34.0 Å². The number of benzene rings is 3. The van der Waals surface area contributed by atoms with Crippen LogP contribution in [0.25, 0.3) is 21.5 Å². The van der Waals surface area contributed by atoms with Crippen LogP contribution in [0.2, 0.25) is 0 Å². The Kier molecular flexibility index (Phi) is 2.91. The van der Waals surface area contributed by atoms with Gasteiger partial charge in [-0.3, -0.25) is 0 Å². The zero-order valence-electron chi connectivity index (χ0n) is 11.2. The molecule has 1 aliphatic rings. The van der Waals surface area contributed by atoms with Crippen LogP contribution in [0.3, 0.4) is 0 Å². The fourth-order valence-electron chi connectivity index (χ4n) is 2.96. The summed E-state index contributed by atoms with van der Waals surface area (Å²) in [5.74, 6) is 0. The smallest absolute Gasteiger partial charge is 0.184 e. The fraction of sp³-hybridized carbons (Fsp3) is 0.222. The number of fused-ring (bicyclic) bond motifs is 2. The Morgan fingerprint density at radius 1 is 0.750 bits per heavy atom. The van der Waals surface area contributed by atoms with Gasteiger partial charge in [-0.2, -0.15) is 0 Å². The molecule has 1 fully saturated rings. The lowest BCUT2D eigenvalue weighted by Gasteiger charge is -2.26. The van der Waals surface area contributed by atoms with Crippen molar-refractivity contribution in [3.05, 3.63) is 60.2 Å². The molecule has 1 aliphatic heterocycles. The van der Waals surface area contributed by atoms with Gasteiger partial charge < -0.3 is 9.47 Å². The highest BCUT2D eigenvalue weighted by Crippen LogP contribution is 2.36. The summed E-state index contributed by atoms with van der Waals surface area (Å²) in [7, 11) is 0. The van der Waals surface area contributed by atoms with E-state index in [1.807, 2.05) is 0 Å². The van der Waals surface area contributed by atoms with Gasteiger partial charge in [0, 0.05) is 5.56 Å². The van der Waals surface area contributed by atoms with E-state index >= 15 is 0 Å². The monoisotopic (exact) mass is 264 g/mol. The topological polar surface area (TPSA) is 18.5 Å². The third-order valence-corrected chi connectivity index (χ3v) is 3.88. The van der Waals surface area contributed by atoms with Crippen LogP contribution in [0, 0.1) is 0 Å². The molecule has 0 aliphatic carbocycles. The standard InChI is InChI=1S/C18H16O2/c1-3-8-15-13(6-1)12-14-7-2-4-9-16(14)17(15)18-19-10-5-11-20-18/h1-4,6-9,12,18H,5,10-11H2. The Morgan fingerprint density at radius 3 is 1.90 bits per heavy atom. The second-order valence-corrected chi connectivity index (χ2v) is 5.16. The lowest BCUT2D eigenvalue weighted by molar-refractivity contribution is -0.181. The Labute approximate surface area is 117 Å². The van der Waals surface area contributed by atoms with E-state index in [1.165, 1.54) is 27.1 Å². The molecule has 0 aromatic heterocycles. The van der Waals surface area contributed by atoms with Crippen LogP contribution >= 0.6 is 0 Å². The van der Waals surface area contributed by atoms with E-state index in [0.29, 0.717) is 0 Å². The van der Waals surface area contributed by atoms with Gasteiger partial charge in [0.05, 0.1) is 13.2 Å². The van der Waals surface area contributed by atoms with Crippen LogP contribution in [0.1, 0.15) is 18.3 Å². The molecule has 0 unspecified atom stereocenters. The SMILES string of the molecule is c1ccc2c(C3OCCCO3)c3ccccc3cc2c1. The Hall–Kier alpha value is -1.90. The summed E-state index contributed by atoms with van der Waals surface area (Å²) in [6.45, 7) is 1.53. The quantitative estimate of drug-likeness (QED) is 0.605. The molecule has 100 valence electrons. The van der Waals surface area contributed by atoms with E-state index in [-0.39, 0.29) is 6.29 Å². The molecule has 2 heteroatoms. The highest BCUT2D eigenvalue weighted by Gasteiger charge is 2.21. The molecule has 0 radical (unpaired) electrons. The lowest BCUT2D eigenvalue weighted by atomic mass is 9.96. The zero-order valence-corrected chi connectivity index (χ0v) is 11.2. The Balaban J connectivity index is 2.06. The summed E-state index contributed by atoms with van der Waals surface area (Å²) in [6, 6.07) is 19.1. The van der Waals surface area contributed by atoms with E-state index in [4.69, 9.17) is 9.47 Å². The molecule has 1 saturated heterocycles. The Bertz CT molecular complexity index is 704. The van der Waals surface area contributed by atoms with Gasteiger partial charge in [0.1, 0.15) is 0 Å². The Morgan fingerprint density at radius 2 is 1.30 bits per heavy atom. The van der Waals surface area contributed by atoms with Gasteiger partial charge in [-0.1, -0.05) is 48.5 Å². The number of hydrogen-bond acceptors (Lipinski definition) is 2. The van der Waals surface area contributed by atoms with Gasteiger partial charge in [0.15, 0.2) is 6.29 Å². The van der Waals surface area contributed by atoms with Crippen LogP contribution in [0.15, 0.2) is 54.6 Å². The predicted molar refractivity (Wildman–Crippen MR) is 80.7 cm³/mol. The van der Waals surface area contributed by atoms with Crippen LogP contribution < -0.4 is 0 Å². The molecule has 3 aromatic rings. The average Bonchev–Trinajstić information content (AvgIpc) is 2.53. The molecular formula is C18H16O2. The highest BCUT2D eigenvalue weighted by atomic mass is 16.7. The molecule has 1 heterocycles. The van der Waals surface area contributed by atoms with Crippen molar-refractivity contribution in [3.8, 4) is 0 Å². The maximum atomic E-state index is 5.86. The second-order valence-electron chi connectivity index (χ2n) is 5.16. The molecule has 2 nitrogen and oxygen atoms in total. The maximum absolute atomic E-state index is 5.86. The summed E-state index contributed by atoms with van der Waals surface area (Å²) < 4.78 is 11.7. The first-order valence-electron chi connectivity index (χ1n) is 7.07. The minimum absolute atomic E-state index is 0.250. The first-order valence-corrected chi connectivity index (χ1v) is 7.07. The third kappa shape index (κ3) is 1.89. The summed E-state index contributed by atoms with van der Waals surface area (Å²) in [5, 5.41) is 4.91. The summed E-state index contributed by atoms with van der Waals surface area (Å²) in [4.78, 5) is 0. The first-order chi connectivity index (χ1) is 9.93. The molecule has 0 saturated carbocycles. The maximum Gasteiger partial charge on any atom is 0.184 e. The van der Waals surface area contributed by atoms with Crippen molar-refractivity contribution in [2.45, 2.75) is 12.7 Å². The summed E-state index contributed by atoms with van der Waals surface area (Å²) >= 11 is 0. The van der Waals surface area contributed by atoms with Crippen molar-refractivity contribution in [3.63, 3.8) is 0 Å². The van der Waals surface area contributed by atoms with Crippen LogP contribution in [0.4, 0.5) is 0 Å². The number of hydrogen-bond donors (Lipinski definition) is 0. The molecule has 0 spiro atoms. The van der Waals surface area contributed by atoms with Crippen molar-refractivity contribution in [2.24, 2.45) is 0 Å². The molecule has 4 rings (SSSR count). The molecule has 3 aromatic carbocycles. The van der Waals surface area contributed by atoms with Crippen molar-refractivity contribution in [1.82, 2.24) is 0 Å². The fourth-order valence-corrected chi connectivity index (χ4v) is 2.96. The van der Waals surface area contributed by atoms with Gasteiger partial charge >= 0.3 is 0 Å². The third-order valence-electron chi connectivity index (χ3n) is 3.88.